The Hall–Kier alpha value is -0.100. The minimum absolute atomic E-state index is 0.161. The fourth-order valence-electron chi connectivity index (χ4n) is 1.99. The first-order valence-corrected chi connectivity index (χ1v) is 8.23. The van der Waals surface area contributed by atoms with E-state index in [0.717, 1.165) is 39.0 Å². The highest BCUT2D eigenvalue weighted by molar-refractivity contribution is 14.1. The van der Waals surface area contributed by atoms with Crippen LogP contribution in [-0.4, -0.2) is 23.9 Å². The molecule has 0 N–H and O–H groups in total. The molecule has 2 rings (SSSR count). The van der Waals surface area contributed by atoms with Crippen molar-refractivity contribution in [1.82, 2.24) is 4.90 Å². The van der Waals surface area contributed by atoms with Gasteiger partial charge in [0.1, 0.15) is 0 Å². The van der Waals surface area contributed by atoms with E-state index in [1.165, 1.54) is 12.8 Å². The lowest BCUT2D eigenvalue weighted by atomic mass is 10.2. The van der Waals surface area contributed by atoms with Gasteiger partial charge in [0.25, 0.3) is 5.91 Å². The van der Waals surface area contributed by atoms with Crippen LogP contribution in [0.15, 0.2) is 22.7 Å². The Morgan fingerprint density at radius 3 is 2.83 bits per heavy atom. The lowest BCUT2D eigenvalue weighted by molar-refractivity contribution is 0.0746. The Labute approximate surface area is 130 Å². The summed E-state index contributed by atoms with van der Waals surface area (Å²) < 4.78 is 1.99. The molecule has 0 unspecified atom stereocenters. The van der Waals surface area contributed by atoms with Gasteiger partial charge in [-0.05, 0) is 81.9 Å². The fraction of sp³-hybridized carbons (Fsp3) is 0.500. The molecule has 0 radical (unpaired) electrons. The third kappa shape index (κ3) is 3.70. The highest BCUT2D eigenvalue weighted by Crippen LogP contribution is 2.31. The van der Waals surface area contributed by atoms with Crippen molar-refractivity contribution in [1.29, 1.82) is 0 Å². The average Bonchev–Trinajstić information content (AvgIpc) is 3.15. The molecule has 2 nitrogen and oxygen atoms in total. The zero-order valence-electron chi connectivity index (χ0n) is 10.5. The number of carbonyl (C=O) groups excluding carboxylic acids is 1. The molecule has 98 valence electrons. The molecule has 1 fully saturated rings. The van der Waals surface area contributed by atoms with Crippen LogP contribution in [0.25, 0.3) is 0 Å². The third-order valence-electron chi connectivity index (χ3n) is 3.12. The molecule has 0 saturated heterocycles. The van der Waals surface area contributed by atoms with Crippen LogP contribution in [0.4, 0.5) is 0 Å². The number of hydrogen-bond acceptors (Lipinski definition) is 1. The van der Waals surface area contributed by atoms with Crippen LogP contribution in [0.1, 0.15) is 36.5 Å². The van der Waals surface area contributed by atoms with Gasteiger partial charge < -0.3 is 4.90 Å². The van der Waals surface area contributed by atoms with Gasteiger partial charge >= 0.3 is 0 Å². The summed E-state index contributed by atoms with van der Waals surface area (Å²) in [4.78, 5) is 14.6. The number of amides is 1. The van der Waals surface area contributed by atoms with E-state index in [-0.39, 0.29) is 5.91 Å². The van der Waals surface area contributed by atoms with Crippen LogP contribution in [0.2, 0.25) is 0 Å². The van der Waals surface area contributed by atoms with Crippen LogP contribution in [0.3, 0.4) is 0 Å². The van der Waals surface area contributed by atoms with E-state index in [1.54, 1.807) is 0 Å². The summed E-state index contributed by atoms with van der Waals surface area (Å²) in [5.74, 6) is 0.899. The molecule has 18 heavy (non-hydrogen) atoms. The van der Waals surface area contributed by atoms with Gasteiger partial charge in [-0.15, -0.1) is 0 Å². The standard InChI is InChI=1S/C14H17BrINO/c1-2-7-17(9-10-3-4-10)14(18)12-8-11(16)5-6-13(12)15/h5-6,8,10H,2-4,7,9H2,1H3. The van der Waals surface area contributed by atoms with Crippen molar-refractivity contribution in [3.63, 3.8) is 0 Å². The zero-order chi connectivity index (χ0) is 13.1. The minimum atomic E-state index is 0.161. The van der Waals surface area contributed by atoms with Crippen molar-refractivity contribution in [2.24, 2.45) is 5.92 Å². The number of carbonyl (C=O) groups is 1. The molecule has 1 aliphatic rings. The largest absolute Gasteiger partial charge is 0.338 e. The second-order valence-corrected chi connectivity index (χ2v) is 6.92. The summed E-state index contributed by atoms with van der Waals surface area (Å²) in [6.45, 7) is 3.90. The van der Waals surface area contributed by atoms with Crippen molar-refractivity contribution in [3.05, 3.63) is 31.8 Å². The SMILES string of the molecule is CCCN(CC1CC1)C(=O)c1cc(I)ccc1Br. The van der Waals surface area contributed by atoms with Crippen LogP contribution in [0.5, 0.6) is 0 Å². The summed E-state index contributed by atoms with van der Waals surface area (Å²) in [7, 11) is 0. The third-order valence-corrected chi connectivity index (χ3v) is 4.48. The molecule has 0 heterocycles. The van der Waals surface area contributed by atoms with Gasteiger partial charge in [0.05, 0.1) is 5.56 Å². The first-order chi connectivity index (χ1) is 8.61. The predicted molar refractivity (Wildman–Crippen MR) is 85.8 cm³/mol. The summed E-state index contributed by atoms with van der Waals surface area (Å²) in [6.07, 6.45) is 3.57. The van der Waals surface area contributed by atoms with Gasteiger partial charge in [0.15, 0.2) is 0 Å². The van der Waals surface area contributed by atoms with Crippen molar-refractivity contribution in [3.8, 4) is 0 Å². The van der Waals surface area contributed by atoms with Gasteiger partial charge in [-0.1, -0.05) is 6.92 Å². The molecule has 1 saturated carbocycles. The molecular weight excluding hydrogens is 405 g/mol. The number of hydrogen-bond donors (Lipinski definition) is 0. The van der Waals surface area contributed by atoms with Crippen molar-refractivity contribution in [2.75, 3.05) is 13.1 Å². The lowest BCUT2D eigenvalue weighted by Gasteiger charge is -2.22. The second kappa shape index (κ2) is 6.37. The second-order valence-electron chi connectivity index (χ2n) is 4.82. The van der Waals surface area contributed by atoms with E-state index in [0.29, 0.717) is 0 Å². The molecule has 1 amide bonds. The summed E-state index contributed by atoms with van der Waals surface area (Å²) in [5, 5.41) is 0. The topological polar surface area (TPSA) is 20.3 Å². The molecule has 0 aromatic heterocycles. The number of nitrogens with zero attached hydrogens (tertiary/aromatic N) is 1. The van der Waals surface area contributed by atoms with Crippen LogP contribution >= 0.6 is 38.5 Å². The molecule has 0 aliphatic heterocycles. The number of rotatable bonds is 5. The van der Waals surface area contributed by atoms with E-state index in [4.69, 9.17) is 0 Å². The van der Waals surface area contributed by atoms with Gasteiger partial charge in [-0.3, -0.25) is 4.79 Å². The normalized spacial score (nSPS) is 14.6. The molecule has 0 bridgehead atoms. The lowest BCUT2D eigenvalue weighted by Crippen LogP contribution is -2.33. The Morgan fingerprint density at radius 2 is 2.22 bits per heavy atom. The minimum Gasteiger partial charge on any atom is -0.338 e. The van der Waals surface area contributed by atoms with E-state index >= 15 is 0 Å². The predicted octanol–water partition coefficient (Wildman–Crippen LogP) is 4.32. The average molecular weight is 422 g/mol. The van der Waals surface area contributed by atoms with Crippen molar-refractivity contribution in [2.45, 2.75) is 26.2 Å². The number of halogens is 2. The van der Waals surface area contributed by atoms with E-state index in [9.17, 15) is 4.79 Å². The van der Waals surface area contributed by atoms with Gasteiger partial charge in [0, 0.05) is 21.1 Å². The number of benzene rings is 1. The van der Waals surface area contributed by atoms with E-state index in [1.807, 2.05) is 23.1 Å². The highest BCUT2D eigenvalue weighted by Gasteiger charge is 2.27. The zero-order valence-corrected chi connectivity index (χ0v) is 14.2. The highest BCUT2D eigenvalue weighted by atomic mass is 127. The Balaban J connectivity index is 2.17. The Bertz CT molecular complexity index is 445. The molecule has 1 aromatic rings. The summed E-state index contributed by atoms with van der Waals surface area (Å²) in [5.41, 5.74) is 0.788. The molecule has 1 aromatic carbocycles. The van der Waals surface area contributed by atoms with Crippen LogP contribution in [-0.2, 0) is 0 Å². The van der Waals surface area contributed by atoms with Crippen molar-refractivity contribution < 1.29 is 4.79 Å². The smallest absolute Gasteiger partial charge is 0.255 e. The Morgan fingerprint density at radius 1 is 1.50 bits per heavy atom. The first kappa shape index (κ1) is 14.3. The van der Waals surface area contributed by atoms with Gasteiger partial charge in [-0.2, -0.15) is 0 Å². The van der Waals surface area contributed by atoms with E-state index < -0.39 is 0 Å². The molecular formula is C14H17BrINO. The van der Waals surface area contributed by atoms with Crippen LogP contribution < -0.4 is 0 Å². The maximum atomic E-state index is 12.6. The fourth-order valence-corrected chi connectivity index (χ4v) is 2.90. The first-order valence-electron chi connectivity index (χ1n) is 6.36. The molecule has 1 aliphatic carbocycles. The van der Waals surface area contributed by atoms with Gasteiger partial charge in [-0.25, -0.2) is 0 Å². The Kier molecular flexibility index (Phi) is 5.06. The molecule has 4 heteroatoms. The molecule has 0 atom stereocenters. The maximum Gasteiger partial charge on any atom is 0.255 e. The quantitative estimate of drug-likeness (QED) is 0.648. The summed E-state index contributed by atoms with van der Waals surface area (Å²) in [6, 6.07) is 5.92. The van der Waals surface area contributed by atoms with Crippen molar-refractivity contribution >= 4 is 44.4 Å². The van der Waals surface area contributed by atoms with Crippen LogP contribution in [0, 0.1) is 9.49 Å². The van der Waals surface area contributed by atoms with E-state index in [2.05, 4.69) is 45.4 Å². The molecule has 0 spiro atoms. The maximum absolute atomic E-state index is 12.6. The van der Waals surface area contributed by atoms with Gasteiger partial charge in [0.2, 0.25) is 0 Å². The summed E-state index contributed by atoms with van der Waals surface area (Å²) >= 11 is 5.73. The monoisotopic (exact) mass is 421 g/mol.